The van der Waals surface area contributed by atoms with Crippen LogP contribution in [0.2, 0.25) is 0 Å². The number of hydrogen-bond acceptors (Lipinski definition) is 4. The van der Waals surface area contributed by atoms with E-state index in [-0.39, 0.29) is 0 Å². The number of piperidine rings is 1. The van der Waals surface area contributed by atoms with Crippen LogP contribution >= 0.6 is 0 Å². The van der Waals surface area contributed by atoms with Gasteiger partial charge in [0.05, 0.1) is 7.11 Å². The number of aromatic nitrogens is 1. The molecule has 0 saturated carbocycles. The van der Waals surface area contributed by atoms with Gasteiger partial charge in [-0.25, -0.2) is 4.98 Å². The molecule has 0 amide bonds. The molecule has 0 spiro atoms. The van der Waals surface area contributed by atoms with Gasteiger partial charge in [0.1, 0.15) is 11.6 Å². The van der Waals surface area contributed by atoms with Crippen LogP contribution in [0.25, 0.3) is 10.8 Å². The molecule has 1 aromatic carbocycles. The van der Waals surface area contributed by atoms with Gasteiger partial charge < -0.3 is 15.4 Å². The number of nitrogens with two attached hydrogens (primary N) is 1. The molecule has 0 aliphatic carbocycles. The molecule has 1 aromatic heterocycles. The fourth-order valence-corrected chi connectivity index (χ4v) is 2.62. The standard InChI is InChI=1S/C15H19N3O/c1-19-13-3-2-11-4-7-17-15(14(11)10-13)18-8-5-12(16)6-9-18/h2-4,7,10,12H,5-6,8-9,16H2,1H3. The van der Waals surface area contributed by atoms with E-state index in [0.717, 1.165) is 42.9 Å². The molecule has 2 N–H and O–H groups in total. The molecular formula is C15H19N3O. The summed E-state index contributed by atoms with van der Waals surface area (Å²) in [6, 6.07) is 8.49. The quantitative estimate of drug-likeness (QED) is 0.896. The summed E-state index contributed by atoms with van der Waals surface area (Å²) in [6.45, 7) is 1.95. The summed E-state index contributed by atoms with van der Waals surface area (Å²) in [4.78, 5) is 6.89. The van der Waals surface area contributed by atoms with E-state index in [0.29, 0.717) is 6.04 Å². The fourth-order valence-electron chi connectivity index (χ4n) is 2.62. The molecule has 4 heteroatoms. The Morgan fingerprint density at radius 3 is 2.79 bits per heavy atom. The van der Waals surface area contributed by atoms with Crippen molar-refractivity contribution in [2.75, 3.05) is 25.1 Å². The third-order valence-corrected chi connectivity index (χ3v) is 3.79. The van der Waals surface area contributed by atoms with Crippen molar-refractivity contribution in [1.29, 1.82) is 0 Å². The predicted octanol–water partition coefficient (Wildman–Crippen LogP) is 2.17. The number of benzene rings is 1. The van der Waals surface area contributed by atoms with Gasteiger partial charge in [-0.15, -0.1) is 0 Å². The number of nitrogens with zero attached hydrogens (tertiary/aromatic N) is 2. The van der Waals surface area contributed by atoms with Crippen molar-refractivity contribution in [3.05, 3.63) is 30.5 Å². The minimum Gasteiger partial charge on any atom is -0.497 e. The number of pyridine rings is 1. The first-order valence-corrected chi connectivity index (χ1v) is 6.71. The van der Waals surface area contributed by atoms with Crippen LogP contribution in [0.4, 0.5) is 5.82 Å². The van der Waals surface area contributed by atoms with Crippen molar-refractivity contribution >= 4 is 16.6 Å². The van der Waals surface area contributed by atoms with E-state index in [1.165, 1.54) is 5.39 Å². The smallest absolute Gasteiger partial charge is 0.136 e. The SMILES string of the molecule is COc1ccc2ccnc(N3CCC(N)CC3)c2c1. The molecule has 3 rings (SSSR count). The number of rotatable bonds is 2. The van der Waals surface area contributed by atoms with Crippen LogP contribution in [0.5, 0.6) is 5.75 Å². The summed E-state index contributed by atoms with van der Waals surface area (Å²) in [5, 5.41) is 2.35. The van der Waals surface area contributed by atoms with E-state index in [4.69, 9.17) is 10.5 Å². The van der Waals surface area contributed by atoms with E-state index in [9.17, 15) is 0 Å². The zero-order valence-corrected chi connectivity index (χ0v) is 11.2. The Hall–Kier alpha value is -1.81. The number of fused-ring (bicyclic) bond motifs is 1. The Morgan fingerprint density at radius 2 is 2.05 bits per heavy atom. The average molecular weight is 257 g/mol. The Bertz CT molecular complexity index is 577. The van der Waals surface area contributed by atoms with Gasteiger partial charge in [0.2, 0.25) is 0 Å². The second kappa shape index (κ2) is 5.05. The Kier molecular flexibility index (Phi) is 3.25. The largest absolute Gasteiger partial charge is 0.497 e. The van der Waals surface area contributed by atoms with Gasteiger partial charge in [0, 0.05) is 30.7 Å². The molecule has 4 nitrogen and oxygen atoms in total. The summed E-state index contributed by atoms with van der Waals surface area (Å²) < 4.78 is 5.32. The van der Waals surface area contributed by atoms with Crippen molar-refractivity contribution in [3.8, 4) is 5.75 Å². The van der Waals surface area contributed by atoms with Gasteiger partial charge in [-0.3, -0.25) is 0 Å². The number of anilines is 1. The highest BCUT2D eigenvalue weighted by Crippen LogP contribution is 2.29. The van der Waals surface area contributed by atoms with Crippen LogP contribution in [-0.2, 0) is 0 Å². The van der Waals surface area contributed by atoms with Gasteiger partial charge in [0.25, 0.3) is 0 Å². The summed E-state index contributed by atoms with van der Waals surface area (Å²) >= 11 is 0. The summed E-state index contributed by atoms with van der Waals surface area (Å²) in [5.74, 6) is 1.92. The molecule has 1 aliphatic heterocycles. The van der Waals surface area contributed by atoms with Gasteiger partial charge in [0.15, 0.2) is 0 Å². The molecule has 2 aromatic rings. The number of methoxy groups -OCH3 is 1. The Balaban J connectivity index is 2.02. The maximum Gasteiger partial charge on any atom is 0.136 e. The van der Waals surface area contributed by atoms with Gasteiger partial charge >= 0.3 is 0 Å². The lowest BCUT2D eigenvalue weighted by Gasteiger charge is -2.31. The minimum absolute atomic E-state index is 0.334. The lowest BCUT2D eigenvalue weighted by atomic mass is 10.0. The van der Waals surface area contributed by atoms with Crippen LogP contribution in [0, 0.1) is 0 Å². The fraction of sp³-hybridized carbons (Fsp3) is 0.400. The highest BCUT2D eigenvalue weighted by Gasteiger charge is 2.19. The molecular weight excluding hydrogens is 238 g/mol. The predicted molar refractivity (Wildman–Crippen MR) is 77.7 cm³/mol. The van der Waals surface area contributed by atoms with E-state index >= 15 is 0 Å². The van der Waals surface area contributed by atoms with Gasteiger partial charge in [-0.1, -0.05) is 6.07 Å². The third kappa shape index (κ3) is 2.36. The van der Waals surface area contributed by atoms with Crippen molar-refractivity contribution in [2.45, 2.75) is 18.9 Å². The molecule has 100 valence electrons. The molecule has 0 radical (unpaired) electrons. The molecule has 1 aliphatic rings. The highest BCUT2D eigenvalue weighted by molar-refractivity contribution is 5.93. The van der Waals surface area contributed by atoms with Crippen LogP contribution < -0.4 is 15.4 Å². The first kappa shape index (κ1) is 12.2. The zero-order chi connectivity index (χ0) is 13.2. The van der Waals surface area contributed by atoms with E-state index in [1.54, 1.807) is 7.11 Å². The highest BCUT2D eigenvalue weighted by atomic mass is 16.5. The summed E-state index contributed by atoms with van der Waals surface area (Å²) in [6.07, 6.45) is 3.93. The van der Waals surface area contributed by atoms with E-state index in [1.807, 2.05) is 18.3 Å². The molecule has 2 heterocycles. The lowest BCUT2D eigenvalue weighted by Crippen LogP contribution is -2.40. The lowest BCUT2D eigenvalue weighted by molar-refractivity contribution is 0.415. The molecule has 1 saturated heterocycles. The summed E-state index contributed by atoms with van der Waals surface area (Å²) in [7, 11) is 1.69. The van der Waals surface area contributed by atoms with Crippen molar-refractivity contribution < 1.29 is 4.74 Å². The monoisotopic (exact) mass is 257 g/mol. The van der Waals surface area contributed by atoms with E-state index in [2.05, 4.69) is 22.0 Å². The zero-order valence-electron chi connectivity index (χ0n) is 11.2. The van der Waals surface area contributed by atoms with Crippen molar-refractivity contribution in [3.63, 3.8) is 0 Å². The summed E-state index contributed by atoms with van der Waals surface area (Å²) in [5.41, 5.74) is 5.97. The maximum absolute atomic E-state index is 5.97. The van der Waals surface area contributed by atoms with Crippen molar-refractivity contribution in [1.82, 2.24) is 4.98 Å². The number of hydrogen-bond donors (Lipinski definition) is 1. The second-order valence-electron chi connectivity index (χ2n) is 5.05. The van der Waals surface area contributed by atoms with Crippen LogP contribution in [0.1, 0.15) is 12.8 Å². The molecule has 0 atom stereocenters. The van der Waals surface area contributed by atoms with Crippen LogP contribution in [0.3, 0.4) is 0 Å². The second-order valence-corrected chi connectivity index (χ2v) is 5.05. The third-order valence-electron chi connectivity index (χ3n) is 3.79. The minimum atomic E-state index is 0.334. The topological polar surface area (TPSA) is 51.4 Å². The first-order valence-electron chi connectivity index (χ1n) is 6.71. The maximum atomic E-state index is 5.97. The molecule has 0 bridgehead atoms. The Morgan fingerprint density at radius 1 is 1.26 bits per heavy atom. The normalized spacial score (nSPS) is 16.8. The van der Waals surface area contributed by atoms with E-state index < -0.39 is 0 Å². The van der Waals surface area contributed by atoms with Gasteiger partial charge in [-0.05, 0) is 36.4 Å². The van der Waals surface area contributed by atoms with Crippen LogP contribution in [-0.4, -0.2) is 31.2 Å². The Labute approximate surface area is 113 Å². The first-order chi connectivity index (χ1) is 9.28. The molecule has 1 fully saturated rings. The van der Waals surface area contributed by atoms with Gasteiger partial charge in [-0.2, -0.15) is 0 Å². The number of ether oxygens (including phenoxy) is 1. The van der Waals surface area contributed by atoms with Crippen molar-refractivity contribution in [2.24, 2.45) is 5.73 Å². The molecule has 19 heavy (non-hydrogen) atoms. The average Bonchev–Trinajstić information content (AvgIpc) is 2.47. The molecule has 0 unspecified atom stereocenters. The van der Waals surface area contributed by atoms with Crippen LogP contribution in [0.15, 0.2) is 30.5 Å².